The second kappa shape index (κ2) is 6.72. The summed E-state index contributed by atoms with van der Waals surface area (Å²) in [6.45, 7) is 2.11. The molecule has 1 heterocycles. The second-order valence-electron chi connectivity index (χ2n) is 4.99. The largest absolute Gasteiger partial charge is 0.393 e. The van der Waals surface area contributed by atoms with Crippen molar-refractivity contribution in [3.05, 3.63) is 30.1 Å². The summed E-state index contributed by atoms with van der Waals surface area (Å²) in [6.07, 6.45) is 9.04. The van der Waals surface area contributed by atoms with E-state index in [-0.39, 0.29) is 6.10 Å². The Morgan fingerprint density at radius 3 is 2.82 bits per heavy atom. The molecular formula is C14H22N2O. The summed E-state index contributed by atoms with van der Waals surface area (Å²) < 4.78 is 0. The summed E-state index contributed by atoms with van der Waals surface area (Å²) in [5.74, 6) is 0.757. The van der Waals surface area contributed by atoms with Crippen molar-refractivity contribution in [2.75, 3.05) is 13.1 Å². The lowest BCUT2D eigenvalue weighted by Crippen LogP contribution is -2.29. The lowest BCUT2D eigenvalue weighted by Gasteiger charge is -2.25. The van der Waals surface area contributed by atoms with E-state index in [1.165, 1.54) is 18.4 Å². The molecule has 0 radical (unpaired) electrons. The molecule has 0 spiro atoms. The van der Waals surface area contributed by atoms with Crippen LogP contribution in [0.3, 0.4) is 0 Å². The number of nitrogens with zero attached hydrogens (tertiary/aromatic N) is 1. The Hall–Kier alpha value is -0.930. The average molecular weight is 234 g/mol. The van der Waals surface area contributed by atoms with Crippen molar-refractivity contribution in [2.24, 2.45) is 5.92 Å². The van der Waals surface area contributed by atoms with Crippen LogP contribution in [0, 0.1) is 5.92 Å². The number of pyridine rings is 1. The van der Waals surface area contributed by atoms with Crippen molar-refractivity contribution >= 4 is 0 Å². The maximum atomic E-state index is 9.42. The minimum absolute atomic E-state index is 0.0401. The highest BCUT2D eigenvalue weighted by Gasteiger charge is 2.18. The molecule has 2 rings (SSSR count). The van der Waals surface area contributed by atoms with Gasteiger partial charge < -0.3 is 10.4 Å². The molecule has 1 fully saturated rings. The quantitative estimate of drug-likeness (QED) is 0.763. The maximum absolute atomic E-state index is 9.42. The normalized spacial score (nSPS) is 24.8. The number of aromatic nitrogens is 1. The highest BCUT2D eigenvalue weighted by molar-refractivity contribution is 5.08. The van der Waals surface area contributed by atoms with Crippen molar-refractivity contribution in [2.45, 2.75) is 38.2 Å². The lowest BCUT2D eigenvalue weighted by molar-refractivity contribution is 0.108. The monoisotopic (exact) mass is 234 g/mol. The molecule has 1 aromatic rings. The van der Waals surface area contributed by atoms with Gasteiger partial charge in [-0.3, -0.25) is 4.98 Å². The lowest BCUT2D eigenvalue weighted by atomic mass is 9.87. The van der Waals surface area contributed by atoms with Crippen molar-refractivity contribution in [3.63, 3.8) is 0 Å². The Kier molecular flexibility index (Phi) is 4.95. The number of aliphatic hydroxyl groups is 1. The molecule has 3 heteroatoms. The number of hydrogen-bond acceptors (Lipinski definition) is 3. The summed E-state index contributed by atoms with van der Waals surface area (Å²) in [5, 5.41) is 12.9. The van der Waals surface area contributed by atoms with Gasteiger partial charge in [0.2, 0.25) is 0 Å². The fraction of sp³-hybridized carbons (Fsp3) is 0.643. The molecule has 0 bridgehead atoms. The molecule has 0 saturated heterocycles. The Balaban J connectivity index is 1.57. The topological polar surface area (TPSA) is 45.1 Å². The highest BCUT2D eigenvalue weighted by Crippen LogP contribution is 2.23. The van der Waals surface area contributed by atoms with Gasteiger partial charge in [-0.05, 0) is 62.7 Å². The van der Waals surface area contributed by atoms with Gasteiger partial charge in [-0.25, -0.2) is 0 Å². The van der Waals surface area contributed by atoms with Gasteiger partial charge >= 0.3 is 0 Å². The summed E-state index contributed by atoms with van der Waals surface area (Å²) >= 11 is 0. The van der Waals surface area contributed by atoms with Crippen LogP contribution in [0.15, 0.2) is 24.5 Å². The summed E-state index contributed by atoms with van der Waals surface area (Å²) in [6, 6.07) is 4.10. The van der Waals surface area contributed by atoms with E-state index in [9.17, 15) is 5.11 Å². The molecule has 0 aromatic carbocycles. The van der Waals surface area contributed by atoms with E-state index < -0.39 is 0 Å². The Labute approximate surface area is 103 Å². The molecule has 17 heavy (non-hydrogen) atoms. The highest BCUT2D eigenvalue weighted by atomic mass is 16.3. The number of aliphatic hydroxyl groups excluding tert-OH is 1. The predicted octanol–water partition coefficient (Wildman–Crippen LogP) is 1.76. The van der Waals surface area contributed by atoms with Crippen LogP contribution >= 0.6 is 0 Å². The van der Waals surface area contributed by atoms with E-state index >= 15 is 0 Å². The summed E-state index contributed by atoms with van der Waals surface area (Å²) in [5.41, 5.74) is 1.29. The van der Waals surface area contributed by atoms with Gasteiger partial charge in [-0.15, -0.1) is 0 Å². The molecule has 0 atom stereocenters. The zero-order valence-corrected chi connectivity index (χ0v) is 10.3. The molecule has 1 saturated carbocycles. The van der Waals surface area contributed by atoms with Crippen LogP contribution in [-0.4, -0.2) is 29.3 Å². The second-order valence-corrected chi connectivity index (χ2v) is 4.99. The minimum Gasteiger partial charge on any atom is -0.393 e. The van der Waals surface area contributed by atoms with Crippen LogP contribution in [-0.2, 0) is 6.42 Å². The summed E-state index contributed by atoms with van der Waals surface area (Å²) in [4.78, 5) is 4.11. The molecule has 0 aliphatic heterocycles. The fourth-order valence-corrected chi connectivity index (χ4v) is 2.43. The van der Waals surface area contributed by atoms with Crippen LogP contribution in [0.4, 0.5) is 0 Å². The van der Waals surface area contributed by atoms with E-state index in [2.05, 4.69) is 16.4 Å². The fourth-order valence-electron chi connectivity index (χ4n) is 2.43. The summed E-state index contributed by atoms with van der Waals surface area (Å²) in [7, 11) is 0. The molecule has 1 aromatic heterocycles. The third-order valence-corrected chi connectivity index (χ3v) is 3.56. The van der Waals surface area contributed by atoms with Crippen LogP contribution in [0.5, 0.6) is 0 Å². The first kappa shape index (κ1) is 12.5. The standard InChI is InChI=1S/C14H22N2O/c17-14-5-3-13(4-6-14)11-16-9-7-12-2-1-8-15-10-12/h1-2,8,10,13-14,16-17H,3-7,9,11H2. The first-order valence-corrected chi connectivity index (χ1v) is 6.62. The zero-order valence-electron chi connectivity index (χ0n) is 10.3. The first-order valence-electron chi connectivity index (χ1n) is 6.62. The van der Waals surface area contributed by atoms with Gasteiger partial charge in [0.05, 0.1) is 6.10 Å². The number of rotatable bonds is 5. The van der Waals surface area contributed by atoms with E-state index in [1.54, 1.807) is 0 Å². The molecule has 2 N–H and O–H groups in total. The van der Waals surface area contributed by atoms with Gasteiger partial charge in [0.25, 0.3) is 0 Å². The van der Waals surface area contributed by atoms with Gasteiger partial charge in [0.15, 0.2) is 0 Å². The van der Waals surface area contributed by atoms with Crippen molar-refractivity contribution in [1.82, 2.24) is 10.3 Å². The van der Waals surface area contributed by atoms with E-state index in [0.29, 0.717) is 0 Å². The molecule has 1 aliphatic carbocycles. The van der Waals surface area contributed by atoms with Gasteiger partial charge in [0, 0.05) is 12.4 Å². The van der Waals surface area contributed by atoms with Crippen molar-refractivity contribution < 1.29 is 5.11 Å². The Morgan fingerprint density at radius 2 is 2.12 bits per heavy atom. The van der Waals surface area contributed by atoms with Gasteiger partial charge in [-0.1, -0.05) is 6.07 Å². The molecule has 0 unspecified atom stereocenters. The SMILES string of the molecule is OC1CCC(CNCCc2cccnc2)CC1. The van der Waals surface area contributed by atoms with Crippen LogP contribution in [0.1, 0.15) is 31.2 Å². The minimum atomic E-state index is -0.0401. The van der Waals surface area contributed by atoms with E-state index in [1.807, 2.05) is 18.5 Å². The average Bonchev–Trinajstić information content (AvgIpc) is 2.38. The smallest absolute Gasteiger partial charge is 0.0540 e. The van der Waals surface area contributed by atoms with Crippen molar-refractivity contribution in [3.8, 4) is 0 Å². The Morgan fingerprint density at radius 1 is 1.29 bits per heavy atom. The van der Waals surface area contributed by atoms with Crippen LogP contribution < -0.4 is 5.32 Å². The van der Waals surface area contributed by atoms with Crippen LogP contribution in [0.2, 0.25) is 0 Å². The maximum Gasteiger partial charge on any atom is 0.0540 e. The molecule has 3 nitrogen and oxygen atoms in total. The molecule has 94 valence electrons. The zero-order chi connectivity index (χ0) is 11.9. The van der Waals surface area contributed by atoms with Gasteiger partial charge in [-0.2, -0.15) is 0 Å². The van der Waals surface area contributed by atoms with Crippen molar-refractivity contribution in [1.29, 1.82) is 0 Å². The third-order valence-electron chi connectivity index (χ3n) is 3.56. The molecule has 0 amide bonds. The molecule has 1 aliphatic rings. The number of hydrogen-bond donors (Lipinski definition) is 2. The first-order chi connectivity index (χ1) is 8.34. The van der Waals surface area contributed by atoms with E-state index in [4.69, 9.17) is 0 Å². The Bertz CT molecular complexity index is 307. The van der Waals surface area contributed by atoms with Gasteiger partial charge in [0.1, 0.15) is 0 Å². The van der Waals surface area contributed by atoms with Crippen LogP contribution in [0.25, 0.3) is 0 Å². The third kappa shape index (κ3) is 4.44. The molecular weight excluding hydrogens is 212 g/mol. The number of nitrogens with one attached hydrogen (secondary N) is 1. The van der Waals surface area contributed by atoms with E-state index in [0.717, 1.165) is 38.3 Å². The predicted molar refractivity (Wildman–Crippen MR) is 68.8 cm³/mol.